The van der Waals surface area contributed by atoms with Crippen molar-refractivity contribution in [3.8, 4) is 0 Å². The molecule has 6 heteroatoms. The van der Waals surface area contributed by atoms with E-state index < -0.39 is 0 Å². The first kappa shape index (κ1) is 19.6. The lowest BCUT2D eigenvalue weighted by Crippen LogP contribution is -2.43. The Labute approximate surface area is 167 Å². The third-order valence-corrected chi connectivity index (χ3v) is 6.57. The Kier molecular flexibility index (Phi) is 5.36. The largest absolute Gasteiger partial charge is 0.303 e. The number of H-pyrrole nitrogens is 1. The number of aromatic amines is 1. The molecule has 1 unspecified atom stereocenters. The maximum absolute atomic E-state index is 12.5. The molecule has 0 aromatic carbocycles. The van der Waals surface area contributed by atoms with E-state index in [1.54, 1.807) is 4.52 Å². The van der Waals surface area contributed by atoms with E-state index >= 15 is 0 Å². The first-order valence-corrected chi connectivity index (χ1v) is 10.9. The third-order valence-electron chi connectivity index (χ3n) is 6.57. The summed E-state index contributed by atoms with van der Waals surface area (Å²) < 4.78 is 1.61. The lowest BCUT2D eigenvalue weighted by Gasteiger charge is -2.37. The molecule has 0 bridgehead atoms. The van der Waals surface area contributed by atoms with Gasteiger partial charge < -0.3 is 9.80 Å². The fourth-order valence-corrected chi connectivity index (χ4v) is 5.05. The molecule has 0 spiro atoms. The molecule has 28 heavy (non-hydrogen) atoms. The minimum absolute atomic E-state index is 0.0197. The van der Waals surface area contributed by atoms with Crippen LogP contribution in [0, 0.1) is 19.3 Å². The van der Waals surface area contributed by atoms with E-state index in [1.807, 2.05) is 13.8 Å². The van der Waals surface area contributed by atoms with E-state index in [0.717, 1.165) is 48.7 Å². The molecule has 154 valence electrons. The highest BCUT2D eigenvalue weighted by Crippen LogP contribution is 2.30. The molecule has 0 radical (unpaired) electrons. The van der Waals surface area contributed by atoms with Gasteiger partial charge in [0.1, 0.15) is 0 Å². The summed E-state index contributed by atoms with van der Waals surface area (Å²) in [5.41, 5.74) is 3.75. The first-order chi connectivity index (χ1) is 13.3. The van der Waals surface area contributed by atoms with Crippen LogP contribution >= 0.6 is 0 Å². The molecule has 0 amide bonds. The second-order valence-electron chi connectivity index (χ2n) is 9.75. The summed E-state index contributed by atoms with van der Waals surface area (Å²) in [5, 5.41) is 3.33. The van der Waals surface area contributed by atoms with Gasteiger partial charge >= 0.3 is 0 Å². The van der Waals surface area contributed by atoms with Crippen LogP contribution in [0.2, 0.25) is 0 Å². The number of nitrogens with zero attached hydrogens (tertiary/aromatic N) is 4. The second kappa shape index (κ2) is 7.64. The van der Waals surface area contributed by atoms with Gasteiger partial charge in [0.2, 0.25) is 0 Å². The predicted molar refractivity (Wildman–Crippen MR) is 113 cm³/mol. The van der Waals surface area contributed by atoms with Crippen LogP contribution in [0.25, 0.3) is 5.65 Å². The van der Waals surface area contributed by atoms with Crippen LogP contribution in [-0.4, -0.2) is 63.7 Å². The molecular formula is C22H35N5O. The fraction of sp³-hybridized carbons (Fsp3) is 0.727. The van der Waals surface area contributed by atoms with Crippen molar-refractivity contribution in [1.29, 1.82) is 0 Å². The van der Waals surface area contributed by atoms with Gasteiger partial charge in [-0.05, 0) is 58.2 Å². The highest BCUT2D eigenvalue weighted by molar-refractivity contribution is 5.42. The summed E-state index contributed by atoms with van der Waals surface area (Å²) in [6.07, 6.45) is 5.24. The number of hydrogen-bond acceptors (Lipinski definition) is 4. The van der Waals surface area contributed by atoms with Crippen molar-refractivity contribution < 1.29 is 0 Å². The van der Waals surface area contributed by atoms with Gasteiger partial charge in [-0.1, -0.05) is 20.3 Å². The van der Waals surface area contributed by atoms with E-state index in [-0.39, 0.29) is 5.56 Å². The number of fused-ring (bicyclic) bond motifs is 1. The minimum Gasteiger partial charge on any atom is -0.303 e. The Morgan fingerprint density at radius 3 is 2.57 bits per heavy atom. The molecule has 2 aromatic heterocycles. The van der Waals surface area contributed by atoms with Gasteiger partial charge in [-0.15, -0.1) is 0 Å². The maximum Gasteiger partial charge on any atom is 0.275 e. The van der Waals surface area contributed by atoms with E-state index in [2.05, 4.69) is 39.8 Å². The minimum atomic E-state index is 0.0197. The number of piperidine rings is 1. The molecule has 1 N–H and O–H groups in total. The molecule has 2 aliphatic heterocycles. The SMILES string of the molecule is Cc1nc2cc(C3CCN(CC(C)(C)CN4CCCCC4)C3)[nH]n2c(=O)c1C. The monoisotopic (exact) mass is 385 g/mol. The quantitative estimate of drug-likeness (QED) is 0.860. The van der Waals surface area contributed by atoms with Crippen LogP contribution in [0.4, 0.5) is 0 Å². The van der Waals surface area contributed by atoms with Crippen molar-refractivity contribution in [2.75, 3.05) is 39.3 Å². The molecule has 2 saturated heterocycles. The van der Waals surface area contributed by atoms with Gasteiger partial charge in [0, 0.05) is 48.6 Å². The molecule has 2 aromatic rings. The Hall–Kier alpha value is -1.66. The van der Waals surface area contributed by atoms with Gasteiger partial charge in [-0.3, -0.25) is 9.89 Å². The van der Waals surface area contributed by atoms with Crippen LogP contribution in [0.3, 0.4) is 0 Å². The summed E-state index contributed by atoms with van der Waals surface area (Å²) in [4.78, 5) is 22.3. The third kappa shape index (κ3) is 4.03. The zero-order valence-corrected chi connectivity index (χ0v) is 17.9. The van der Waals surface area contributed by atoms with Gasteiger partial charge in [0.05, 0.1) is 0 Å². The molecular weight excluding hydrogens is 350 g/mol. The topological polar surface area (TPSA) is 56.6 Å². The van der Waals surface area contributed by atoms with E-state index in [9.17, 15) is 4.79 Å². The van der Waals surface area contributed by atoms with Gasteiger partial charge in [-0.25, -0.2) is 9.50 Å². The second-order valence-corrected chi connectivity index (χ2v) is 9.75. The van der Waals surface area contributed by atoms with Crippen LogP contribution in [-0.2, 0) is 0 Å². The number of rotatable bonds is 5. The molecule has 2 fully saturated rings. The van der Waals surface area contributed by atoms with Crippen molar-refractivity contribution in [2.45, 2.75) is 59.3 Å². The number of aromatic nitrogens is 3. The lowest BCUT2D eigenvalue weighted by molar-refractivity contribution is 0.117. The maximum atomic E-state index is 12.5. The van der Waals surface area contributed by atoms with Crippen molar-refractivity contribution in [3.05, 3.63) is 33.4 Å². The van der Waals surface area contributed by atoms with Crippen LogP contribution < -0.4 is 5.56 Å². The van der Waals surface area contributed by atoms with E-state index in [4.69, 9.17) is 0 Å². The zero-order valence-electron chi connectivity index (χ0n) is 17.9. The van der Waals surface area contributed by atoms with Crippen molar-refractivity contribution >= 4 is 5.65 Å². The molecule has 0 aliphatic carbocycles. The Morgan fingerprint density at radius 2 is 1.82 bits per heavy atom. The van der Waals surface area contributed by atoms with Crippen molar-refractivity contribution in [3.63, 3.8) is 0 Å². The van der Waals surface area contributed by atoms with E-state index in [0.29, 0.717) is 11.3 Å². The Bertz CT molecular complexity index is 890. The average Bonchev–Trinajstić information content (AvgIpc) is 3.26. The number of nitrogens with one attached hydrogen (secondary N) is 1. The highest BCUT2D eigenvalue weighted by Gasteiger charge is 2.31. The van der Waals surface area contributed by atoms with Crippen LogP contribution in [0.5, 0.6) is 0 Å². The molecule has 4 rings (SSSR count). The average molecular weight is 386 g/mol. The normalized spacial score (nSPS) is 22.4. The Balaban J connectivity index is 1.42. The molecule has 1 atom stereocenters. The summed E-state index contributed by atoms with van der Waals surface area (Å²) in [5.74, 6) is 0.451. The first-order valence-electron chi connectivity index (χ1n) is 10.9. The number of likely N-dealkylation sites (tertiary alicyclic amines) is 2. The number of hydrogen-bond donors (Lipinski definition) is 1. The smallest absolute Gasteiger partial charge is 0.275 e. The summed E-state index contributed by atoms with van der Waals surface area (Å²) >= 11 is 0. The predicted octanol–water partition coefficient (Wildman–Crippen LogP) is 2.94. The van der Waals surface area contributed by atoms with E-state index in [1.165, 1.54) is 38.9 Å². The standard InChI is InChI=1S/C22H35N5O/c1-16-17(2)23-20-12-19(24-27(20)21(16)28)18-8-11-26(13-18)15-22(3,4)14-25-9-6-5-7-10-25/h12,18,24H,5-11,13-15H2,1-4H3. The summed E-state index contributed by atoms with van der Waals surface area (Å²) in [7, 11) is 0. The van der Waals surface area contributed by atoms with Gasteiger partial charge in [0.15, 0.2) is 5.65 Å². The molecule has 0 saturated carbocycles. The van der Waals surface area contributed by atoms with Crippen LogP contribution in [0.1, 0.15) is 62.4 Å². The lowest BCUT2D eigenvalue weighted by atomic mass is 9.91. The van der Waals surface area contributed by atoms with Crippen LogP contribution in [0.15, 0.2) is 10.9 Å². The summed E-state index contributed by atoms with van der Waals surface area (Å²) in [6.45, 7) is 15.6. The number of aryl methyl sites for hydroxylation is 1. The van der Waals surface area contributed by atoms with Crippen molar-refractivity contribution in [2.24, 2.45) is 5.41 Å². The molecule has 6 nitrogen and oxygen atoms in total. The van der Waals surface area contributed by atoms with Gasteiger partial charge in [0.25, 0.3) is 5.56 Å². The molecule has 4 heterocycles. The zero-order chi connectivity index (χ0) is 19.9. The van der Waals surface area contributed by atoms with Gasteiger partial charge in [-0.2, -0.15) is 0 Å². The summed E-state index contributed by atoms with van der Waals surface area (Å²) in [6, 6.07) is 2.07. The molecule has 2 aliphatic rings. The fourth-order valence-electron chi connectivity index (χ4n) is 5.05. The Morgan fingerprint density at radius 1 is 1.11 bits per heavy atom. The highest BCUT2D eigenvalue weighted by atomic mass is 16.1. The van der Waals surface area contributed by atoms with Crippen molar-refractivity contribution in [1.82, 2.24) is 24.4 Å².